The average molecular weight is 248 g/mol. The molecule has 0 heterocycles. The molecule has 0 aromatic heterocycles. The lowest BCUT2D eigenvalue weighted by molar-refractivity contribution is 0.338. The first kappa shape index (κ1) is 13.4. The van der Waals surface area contributed by atoms with Crippen LogP contribution < -0.4 is 16.0 Å². The highest BCUT2D eigenvalue weighted by atomic mass is 16.5. The third-order valence-corrected chi connectivity index (χ3v) is 3.94. The van der Waals surface area contributed by atoms with Crippen molar-refractivity contribution < 1.29 is 4.74 Å². The van der Waals surface area contributed by atoms with E-state index in [4.69, 9.17) is 10.6 Å². The SMILES string of the molecule is CCOc1ccc(C(NN)C2CCC(C)C2)cc1. The number of nitrogens with one attached hydrogen (secondary N) is 1. The van der Waals surface area contributed by atoms with E-state index < -0.39 is 0 Å². The minimum absolute atomic E-state index is 0.269. The van der Waals surface area contributed by atoms with Crippen molar-refractivity contribution in [1.82, 2.24) is 5.43 Å². The van der Waals surface area contributed by atoms with Crippen LogP contribution in [-0.2, 0) is 0 Å². The molecule has 3 atom stereocenters. The summed E-state index contributed by atoms with van der Waals surface area (Å²) in [4.78, 5) is 0. The minimum Gasteiger partial charge on any atom is -0.494 e. The predicted octanol–water partition coefficient (Wildman–Crippen LogP) is 3.03. The molecule has 0 radical (unpaired) electrons. The number of ether oxygens (including phenoxy) is 1. The third-order valence-electron chi connectivity index (χ3n) is 3.94. The quantitative estimate of drug-likeness (QED) is 0.622. The molecular formula is C15H24N2O. The van der Waals surface area contributed by atoms with Gasteiger partial charge in [-0.15, -0.1) is 0 Å². The van der Waals surface area contributed by atoms with Crippen molar-refractivity contribution in [1.29, 1.82) is 0 Å². The van der Waals surface area contributed by atoms with E-state index in [0.29, 0.717) is 12.5 Å². The Labute approximate surface area is 110 Å². The molecule has 18 heavy (non-hydrogen) atoms. The fraction of sp³-hybridized carbons (Fsp3) is 0.600. The van der Waals surface area contributed by atoms with Gasteiger partial charge < -0.3 is 4.74 Å². The Bertz CT molecular complexity index is 363. The molecule has 0 aliphatic heterocycles. The highest BCUT2D eigenvalue weighted by Crippen LogP contribution is 2.38. The molecule has 1 saturated carbocycles. The third kappa shape index (κ3) is 3.03. The Balaban J connectivity index is 2.07. The molecule has 2 rings (SSSR count). The van der Waals surface area contributed by atoms with Crippen LogP contribution in [0.15, 0.2) is 24.3 Å². The van der Waals surface area contributed by atoms with Crippen molar-refractivity contribution in [3.8, 4) is 5.75 Å². The van der Waals surface area contributed by atoms with Gasteiger partial charge in [-0.2, -0.15) is 0 Å². The molecule has 0 bridgehead atoms. The van der Waals surface area contributed by atoms with E-state index in [0.717, 1.165) is 11.7 Å². The van der Waals surface area contributed by atoms with Gasteiger partial charge >= 0.3 is 0 Å². The first-order chi connectivity index (χ1) is 8.74. The number of hydrogen-bond donors (Lipinski definition) is 2. The summed E-state index contributed by atoms with van der Waals surface area (Å²) < 4.78 is 5.47. The Morgan fingerprint density at radius 2 is 2.06 bits per heavy atom. The van der Waals surface area contributed by atoms with Crippen molar-refractivity contribution in [3.63, 3.8) is 0 Å². The maximum absolute atomic E-state index is 5.75. The summed E-state index contributed by atoms with van der Waals surface area (Å²) in [5.74, 6) is 8.16. The van der Waals surface area contributed by atoms with E-state index in [9.17, 15) is 0 Å². The summed E-state index contributed by atoms with van der Waals surface area (Å²) in [6.07, 6.45) is 3.85. The molecule has 0 amide bonds. The van der Waals surface area contributed by atoms with E-state index in [2.05, 4.69) is 24.5 Å². The summed E-state index contributed by atoms with van der Waals surface area (Å²) in [6.45, 7) is 5.03. The number of hydrazine groups is 1. The molecule has 100 valence electrons. The van der Waals surface area contributed by atoms with Crippen LogP contribution in [0, 0.1) is 11.8 Å². The molecule has 3 nitrogen and oxygen atoms in total. The molecule has 1 fully saturated rings. The van der Waals surface area contributed by atoms with E-state index in [-0.39, 0.29) is 6.04 Å². The maximum Gasteiger partial charge on any atom is 0.119 e. The van der Waals surface area contributed by atoms with Crippen LogP contribution >= 0.6 is 0 Å². The van der Waals surface area contributed by atoms with Gasteiger partial charge in [0.1, 0.15) is 5.75 Å². The van der Waals surface area contributed by atoms with Crippen LogP contribution in [0.1, 0.15) is 44.7 Å². The Morgan fingerprint density at radius 3 is 2.56 bits per heavy atom. The van der Waals surface area contributed by atoms with Crippen molar-refractivity contribution in [2.75, 3.05) is 6.61 Å². The Morgan fingerprint density at radius 1 is 1.33 bits per heavy atom. The van der Waals surface area contributed by atoms with Crippen LogP contribution in [0.2, 0.25) is 0 Å². The molecule has 1 aliphatic carbocycles. The van der Waals surface area contributed by atoms with Crippen molar-refractivity contribution in [2.45, 2.75) is 39.2 Å². The summed E-state index contributed by atoms with van der Waals surface area (Å²) in [7, 11) is 0. The Hall–Kier alpha value is -1.06. The highest BCUT2D eigenvalue weighted by Gasteiger charge is 2.29. The van der Waals surface area contributed by atoms with Crippen LogP contribution in [0.4, 0.5) is 0 Å². The van der Waals surface area contributed by atoms with Gasteiger partial charge in [-0.3, -0.25) is 11.3 Å². The number of benzene rings is 1. The van der Waals surface area contributed by atoms with Gasteiger partial charge in [0, 0.05) is 6.04 Å². The average Bonchev–Trinajstić information content (AvgIpc) is 2.79. The molecule has 3 N–H and O–H groups in total. The van der Waals surface area contributed by atoms with Gasteiger partial charge in [-0.1, -0.05) is 25.5 Å². The second kappa shape index (κ2) is 6.21. The van der Waals surface area contributed by atoms with Crippen LogP contribution in [0.25, 0.3) is 0 Å². The van der Waals surface area contributed by atoms with Gasteiger partial charge in [-0.05, 0) is 49.3 Å². The molecule has 3 unspecified atom stereocenters. The lowest BCUT2D eigenvalue weighted by atomic mass is 9.91. The smallest absolute Gasteiger partial charge is 0.119 e. The van der Waals surface area contributed by atoms with Gasteiger partial charge in [0.2, 0.25) is 0 Å². The van der Waals surface area contributed by atoms with E-state index >= 15 is 0 Å². The normalized spacial score (nSPS) is 25.1. The first-order valence-corrected chi connectivity index (χ1v) is 6.93. The lowest BCUT2D eigenvalue weighted by Crippen LogP contribution is -2.32. The van der Waals surface area contributed by atoms with Crippen molar-refractivity contribution >= 4 is 0 Å². The molecule has 1 aromatic rings. The maximum atomic E-state index is 5.75. The highest BCUT2D eigenvalue weighted by molar-refractivity contribution is 5.29. The molecule has 1 aromatic carbocycles. The molecule has 0 spiro atoms. The monoisotopic (exact) mass is 248 g/mol. The summed E-state index contributed by atoms with van der Waals surface area (Å²) >= 11 is 0. The molecule has 0 saturated heterocycles. The van der Waals surface area contributed by atoms with E-state index in [1.165, 1.54) is 24.8 Å². The zero-order valence-electron chi connectivity index (χ0n) is 11.4. The standard InChI is InChI=1S/C15H24N2O/c1-3-18-14-8-6-12(7-9-14)15(17-16)13-5-4-11(2)10-13/h6-9,11,13,15,17H,3-5,10,16H2,1-2H3. The molecule has 1 aliphatic rings. The van der Waals surface area contributed by atoms with Gasteiger partial charge in [-0.25, -0.2) is 0 Å². The van der Waals surface area contributed by atoms with Gasteiger partial charge in [0.15, 0.2) is 0 Å². The number of nitrogens with two attached hydrogens (primary N) is 1. The lowest BCUT2D eigenvalue weighted by Gasteiger charge is -2.23. The van der Waals surface area contributed by atoms with Crippen LogP contribution in [0.3, 0.4) is 0 Å². The van der Waals surface area contributed by atoms with Crippen molar-refractivity contribution in [2.24, 2.45) is 17.7 Å². The predicted molar refractivity (Wildman–Crippen MR) is 74.2 cm³/mol. The molecular weight excluding hydrogens is 224 g/mol. The first-order valence-electron chi connectivity index (χ1n) is 6.93. The van der Waals surface area contributed by atoms with E-state index in [1.54, 1.807) is 0 Å². The number of rotatable bonds is 5. The van der Waals surface area contributed by atoms with Crippen LogP contribution in [0.5, 0.6) is 5.75 Å². The largest absolute Gasteiger partial charge is 0.494 e. The van der Waals surface area contributed by atoms with E-state index in [1.807, 2.05) is 19.1 Å². The second-order valence-electron chi connectivity index (χ2n) is 5.32. The minimum atomic E-state index is 0.269. The number of hydrogen-bond acceptors (Lipinski definition) is 3. The van der Waals surface area contributed by atoms with Crippen molar-refractivity contribution in [3.05, 3.63) is 29.8 Å². The fourth-order valence-electron chi connectivity index (χ4n) is 3.00. The summed E-state index contributed by atoms with van der Waals surface area (Å²) in [5.41, 5.74) is 4.26. The zero-order valence-corrected chi connectivity index (χ0v) is 11.4. The fourth-order valence-corrected chi connectivity index (χ4v) is 3.00. The second-order valence-corrected chi connectivity index (χ2v) is 5.32. The molecule has 3 heteroatoms. The van der Waals surface area contributed by atoms with Gasteiger partial charge in [0.25, 0.3) is 0 Å². The zero-order chi connectivity index (χ0) is 13.0. The van der Waals surface area contributed by atoms with Gasteiger partial charge in [0.05, 0.1) is 6.61 Å². The van der Waals surface area contributed by atoms with Crippen LogP contribution in [-0.4, -0.2) is 6.61 Å². The summed E-state index contributed by atoms with van der Waals surface area (Å²) in [6, 6.07) is 8.57. The topological polar surface area (TPSA) is 47.3 Å². The summed E-state index contributed by atoms with van der Waals surface area (Å²) in [5, 5.41) is 0. The Kier molecular flexibility index (Phi) is 4.61.